The zero-order chi connectivity index (χ0) is 24.6. The van der Waals surface area contributed by atoms with Gasteiger partial charge >= 0.3 is 0 Å². The predicted molar refractivity (Wildman–Crippen MR) is 138 cm³/mol. The Morgan fingerprint density at radius 2 is 1.62 bits per heavy atom. The molecule has 0 radical (unpaired) electrons. The highest BCUT2D eigenvalue weighted by atomic mass is 35.5. The van der Waals surface area contributed by atoms with E-state index in [2.05, 4.69) is 13.8 Å². The highest BCUT2D eigenvalue weighted by Gasteiger charge is 2.32. The molecule has 0 spiro atoms. The van der Waals surface area contributed by atoms with Crippen LogP contribution in [0.15, 0.2) is 65.8 Å². The zero-order valence-corrected chi connectivity index (χ0v) is 21.8. The highest BCUT2D eigenvalue weighted by Crippen LogP contribution is 2.40. The Balaban J connectivity index is 1.85. The number of thioether (sulfide) groups is 1. The lowest BCUT2D eigenvalue weighted by Gasteiger charge is -2.29. The molecule has 0 amide bonds. The van der Waals surface area contributed by atoms with Crippen molar-refractivity contribution in [3.63, 3.8) is 0 Å². The van der Waals surface area contributed by atoms with Crippen LogP contribution in [0.25, 0.3) is 5.69 Å². The number of rotatable bonds is 6. The molecular formula is C26H21Cl3F2N2S. The smallest absolute Gasteiger partial charge is 0.173 e. The van der Waals surface area contributed by atoms with Crippen molar-refractivity contribution >= 4 is 46.6 Å². The minimum atomic E-state index is -0.534. The van der Waals surface area contributed by atoms with E-state index in [1.807, 2.05) is 23.6 Å². The second-order valence-electron chi connectivity index (χ2n) is 8.38. The van der Waals surface area contributed by atoms with E-state index < -0.39 is 5.41 Å². The Kier molecular flexibility index (Phi) is 7.30. The van der Waals surface area contributed by atoms with Crippen LogP contribution in [0.2, 0.25) is 15.1 Å². The van der Waals surface area contributed by atoms with Crippen LogP contribution in [0.3, 0.4) is 0 Å². The Morgan fingerprint density at radius 3 is 2.26 bits per heavy atom. The largest absolute Gasteiger partial charge is 0.291 e. The molecule has 0 saturated heterocycles. The summed E-state index contributed by atoms with van der Waals surface area (Å²) < 4.78 is 30.1. The number of halogens is 5. The van der Waals surface area contributed by atoms with E-state index in [1.165, 1.54) is 30.0 Å². The van der Waals surface area contributed by atoms with Crippen LogP contribution >= 0.6 is 46.6 Å². The summed E-state index contributed by atoms with van der Waals surface area (Å²) in [6, 6.07) is 16.4. The summed E-state index contributed by atoms with van der Waals surface area (Å²) in [5.74, 6) is -0.415. The minimum Gasteiger partial charge on any atom is -0.291 e. The molecule has 0 saturated carbocycles. The van der Waals surface area contributed by atoms with Gasteiger partial charge in [0, 0.05) is 27.4 Å². The van der Waals surface area contributed by atoms with Gasteiger partial charge in [0.2, 0.25) is 0 Å². The molecule has 0 fully saturated rings. The third-order valence-electron chi connectivity index (χ3n) is 5.75. The van der Waals surface area contributed by atoms with Gasteiger partial charge in [-0.3, -0.25) is 4.57 Å². The van der Waals surface area contributed by atoms with Crippen molar-refractivity contribution < 1.29 is 8.78 Å². The Morgan fingerprint density at radius 1 is 0.912 bits per heavy atom. The molecule has 0 unspecified atom stereocenters. The Hall–Kier alpha value is -2.05. The van der Waals surface area contributed by atoms with Gasteiger partial charge in [-0.05, 0) is 61.0 Å². The van der Waals surface area contributed by atoms with E-state index in [1.54, 1.807) is 30.3 Å². The molecule has 0 aliphatic rings. The number of hydrogen-bond donors (Lipinski definition) is 0. The Bertz CT molecular complexity index is 1330. The van der Waals surface area contributed by atoms with Crippen molar-refractivity contribution in [3.05, 3.63) is 110 Å². The summed E-state index contributed by atoms with van der Waals surface area (Å²) in [5.41, 5.74) is 3.26. The summed E-state index contributed by atoms with van der Waals surface area (Å²) in [5, 5.41) is 1.94. The summed E-state index contributed by atoms with van der Waals surface area (Å²) in [4.78, 5) is 4.82. The average molecular weight is 538 g/mol. The normalized spacial score (nSPS) is 11.8. The van der Waals surface area contributed by atoms with E-state index in [-0.39, 0.29) is 17.4 Å². The lowest BCUT2D eigenvalue weighted by atomic mass is 9.80. The fraction of sp³-hybridized carbons (Fsp3) is 0.192. The maximum atomic E-state index is 14.4. The first kappa shape index (κ1) is 25.1. The molecule has 1 aromatic heterocycles. The first-order valence-corrected chi connectivity index (χ1v) is 12.6. The SMILES string of the molecule is Cc1nc(SCc2c(F)cccc2Cl)n(-c2ccc(F)cc2)c1C(C)(C)c1ccc(Cl)c(Cl)c1. The van der Waals surface area contributed by atoms with Gasteiger partial charge in [-0.1, -0.05) is 72.5 Å². The number of aromatic nitrogens is 2. The molecule has 8 heteroatoms. The topological polar surface area (TPSA) is 17.8 Å². The van der Waals surface area contributed by atoms with Crippen LogP contribution in [0, 0.1) is 18.6 Å². The standard InChI is InChI=1S/C26H21Cl3F2N2S/c1-15-24(26(2,3)16-7-12-21(28)22(29)13-16)33(18-10-8-17(30)9-11-18)25(32-15)34-14-19-20(27)5-4-6-23(19)31/h4-13H,14H2,1-3H3. The summed E-state index contributed by atoms with van der Waals surface area (Å²) in [6.45, 7) is 6.06. The molecule has 0 aliphatic heterocycles. The fourth-order valence-electron chi connectivity index (χ4n) is 3.99. The van der Waals surface area contributed by atoms with Crippen molar-refractivity contribution in [2.75, 3.05) is 0 Å². The van der Waals surface area contributed by atoms with Crippen LogP contribution in [0.1, 0.15) is 36.4 Å². The van der Waals surface area contributed by atoms with E-state index in [0.717, 1.165) is 22.6 Å². The molecule has 4 aromatic rings. The summed E-state index contributed by atoms with van der Waals surface area (Å²) in [7, 11) is 0. The summed E-state index contributed by atoms with van der Waals surface area (Å²) >= 11 is 20.1. The van der Waals surface area contributed by atoms with E-state index in [0.29, 0.717) is 25.8 Å². The van der Waals surface area contributed by atoms with Crippen molar-refractivity contribution in [2.45, 2.75) is 37.1 Å². The van der Waals surface area contributed by atoms with Gasteiger partial charge in [-0.2, -0.15) is 0 Å². The lowest BCUT2D eigenvalue weighted by Crippen LogP contribution is -2.24. The first-order chi connectivity index (χ1) is 16.1. The maximum Gasteiger partial charge on any atom is 0.173 e. The molecular weight excluding hydrogens is 517 g/mol. The van der Waals surface area contributed by atoms with Gasteiger partial charge in [0.25, 0.3) is 0 Å². The van der Waals surface area contributed by atoms with Crippen LogP contribution in [0.5, 0.6) is 0 Å². The number of hydrogen-bond acceptors (Lipinski definition) is 2. The molecule has 0 N–H and O–H groups in total. The fourth-order valence-corrected chi connectivity index (χ4v) is 5.69. The van der Waals surface area contributed by atoms with Gasteiger partial charge in [-0.25, -0.2) is 13.8 Å². The van der Waals surface area contributed by atoms with Crippen molar-refractivity contribution in [3.8, 4) is 5.69 Å². The molecule has 0 atom stereocenters. The Labute approximate surface area is 216 Å². The van der Waals surface area contributed by atoms with E-state index in [4.69, 9.17) is 39.8 Å². The molecule has 3 aromatic carbocycles. The number of nitrogens with zero attached hydrogens (tertiary/aromatic N) is 2. The third kappa shape index (κ3) is 4.85. The van der Waals surface area contributed by atoms with Crippen LogP contribution in [-0.4, -0.2) is 9.55 Å². The molecule has 176 valence electrons. The molecule has 4 rings (SSSR count). The van der Waals surface area contributed by atoms with E-state index >= 15 is 0 Å². The molecule has 0 bridgehead atoms. The summed E-state index contributed by atoms with van der Waals surface area (Å²) in [6.07, 6.45) is 0. The second kappa shape index (κ2) is 9.90. The van der Waals surface area contributed by atoms with Gasteiger partial charge < -0.3 is 0 Å². The molecule has 0 aliphatic carbocycles. The third-order valence-corrected chi connectivity index (χ3v) is 7.80. The van der Waals surface area contributed by atoms with Crippen LogP contribution in [-0.2, 0) is 11.2 Å². The quantitative estimate of drug-likeness (QED) is 0.228. The number of benzene rings is 3. The lowest BCUT2D eigenvalue weighted by molar-refractivity contribution is 0.588. The molecule has 1 heterocycles. The predicted octanol–water partition coefficient (Wildman–Crippen LogP) is 9.04. The zero-order valence-electron chi connectivity index (χ0n) is 18.7. The van der Waals surface area contributed by atoms with Gasteiger partial charge in [-0.15, -0.1) is 0 Å². The van der Waals surface area contributed by atoms with Gasteiger partial charge in [0.1, 0.15) is 11.6 Å². The van der Waals surface area contributed by atoms with Crippen LogP contribution in [0.4, 0.5) is 8.78 Å². The second-order valence-corrected chi connectivity index (χ2v) is 10.5. The van der Waals surface area contributed by atoms with Crippen LogP contribution < -0.4 is 0 Å². The van der Waals surface area contributed by atoms with Gasteiger partial charge in [0.15, 0.2) is 5.16 Å². The number of imidazole rings is 1. The minimum absolute atomic E-state index is 0.287. The average Bonchev–Trinajstić information content (AvgIpc) is 3.12. The maximum absolute atomic E-state index is 14.4. The van der Waals surface area contributed by atoms with Crippen molar-refractivity contribution in [1.29, 1.82) is 0 Å². The van der Waals surface area contributed by atoms with Crippen molar-refractivity contribution in [2.24, 2.45) is 0 Å². The molecule has 2 nitrogen and oxygen atoms in total. The first-order valence-electron chi connectivity index (χ1n) is 10.5. The van der Waals surface area contributed by atoms with E-state index in [9.17, 15) is 8.78 Å². The van der Waals surface area contributed by atoms with Crippen molar-refractivity contribution in [1.82, 2.24) is 9.55 Å². The molecule has 34 heavy (non-hydrogen) atoms. The monoisotopic (exact) mass is 536 g/mol. The highest BCUT2D eigenvalue weighted by molar-refractivity contribution is 7.98. The number of aryl methyl sites for hydroxylation is 1. The van der Waals surface area contributed by atoms with Gasteiger partial charge in [0.05, 0.1) is 21.4 Å².